The van der Waals surface area contributed by atoms with E-state index in [1.165, 1.54) is 109 Å². The van der Waals surface area contributed by atoms with Crippen molar-refractivity contribution in [3.63, 3.8) is 0 Å². The summed E-state index contributed by atoms with van der Waals surface area (Å²) in [6.45, 7) is 6.95. The molecule has 0 aliphatic carbocycles. The van der Waals surface area contributed by atoms with E-state index in [9.17, 15) is 0 Å². The first-order chi connectivity index (χ1) is 10.3. The second kappa shape index (κ2) is 18.1. The standard InChI is InChI=1S/C21H44/c1-4-7-10-12-14-17-20-21(18-15-9-6-3)19-16-13-11-8-5-2/h21H,4-20H2,1-3H3. The maximum Gasteiger partial charge on any atom is -0.0414 e. The molecule has 0 aromatic heterocycles. The Kier molecular flexibility index (Phi) is 18.1. The summed E-state index contributed by atoms with van der Waals surface area (Å²) in [7, 11) is 0. The molecule has 0 saturated carbocycles. The molecule has 0 nitrogen and oxygen atoms in total. The van der Waals surface area contributed by atoms with E-state index in [2.05, 4.69) is 20.8 Å². The average molecular weight is 297 g/mol. The molecule has 0 aromatic rings. The van der Waals surface area contributed by atoms with Crippen LogP contribution in [0.4, 0.5) is 0 Å². The molecule has 0 aliphatic heterocycles. The first-order valence-corrected chi connectivity index (χ1v) is 10.3. The van der Waals surface area contributed by atoms with Crippen molar-refractivity contribution in [3.05, 3.63) is 0 Å². The monoisotopic (exact) mass is 296 g/mol. The first-order valence-electron chi connectivity index (χ1n) is 10.3. The number of hydrogen-bond donors (Lipinski definition) is 0. The smallest absolute Gasteiger partial charge is 0.0414 e. The van der Waals surface area contributed by atoms with Crippen LogP contribution in [0.25, 0.3) is 0 Å². The van der Waals surface area contributed by atoms with Gasteiger partial charge >= 0.3 is 0 Å². The summed E-state index contributed by atoms with van der Waals surface area (Å²) in [5.74, 6) is 1.05. The third kappa shape index (κ3) is 16.2. The summed E-state index contributed by atoms with van der Waals surface area (Å²) in [6.07, 6.45) is 24.8. The lowest BCUT2D eigenvalue weighted by Gasteiger charge is -2.17. The van der Waals surface area contributed by atoms with Crippen molar-refractivity contribution in [2.24, 2.45) is 5.92 Å². The Labute approximate surface area is 136 Å². The van der Waals surface area contributed by atoms with Gasteiger partial charge in [0.25, 0.3) is 0 Å². The van der Waals surface area contributed by atoms with Gasteiger partial charge < -0.3 is 0 Å². The summed E-state index contributed by atoms with van der Waals surface area (Å²) in [5.41, 5.74) is 0. The Hall–Kier alpha value is 0. The second-order valence-electron chi connectivity index (χ2n) is 7.12. The highest BCUT2D eigenvalue weighted by Gasteiger charge is 2.08. The minimum Gasteiger partial charge on any atom is -0.0654 e. The van der Waals surface area contributed by atoms with Crippen LogP contribution in [0.5, 0.6) is 0 Å². The van der Waals surface area contributed by atoms with E-state index < -0.39 is 0 Å². The maximum atomic E-state index is 2.33. The summed E-state index contributed by atoms with van der Waals surface area (Å²) in [5, 5.41) is 0. The van der Waals surface area contributed by atoms with E-state index in [1.807, 2.05) is 0 Å². The molecule has 0 radical (unpaired) electrons. The van der Waals surface area contributed by atoms with Crippen LogP contribution in [-0.2, 0) is 0 Å². The highest BCUT2D eigenvalue weighted by atomic mass is 14.1. The summed E-state index contributed by atoms with van der Waals surface area (Å²) < 4.78 is 0. The lowest BCUT2D eigenvalue weighted by molar-refractivity contribution is 0.368. The predicted molar refractivity (Wildman–Crippen MR) is 99.0 cm³/mol. The van der Waals surface area contributed by atoms with Crippen LogP contribution in [-0.4, -0.2) is 0 Å². The topological polar surface area (TPSA) is 0 Å². The van der Waals surface area contributed by atoms with Gasteiger partial charge in [0.05, 0.1) is 0 Å². The van der Waals surface area contributed by atoms with E-state index in [0.717, 1.165) is 5.92 Å². The maximum absolute atomic E-state index is 2.33. The van der Waals surface area contributed by atoms with Gasteiger partial charge in [-0.1, -0.05) is 130 Å². The van der Waals surface area contributed by atoms with Crippen LogP contribution < -0.4 is 0 Å². The molecule has 0 amide bonds. The van der Waals surface area contributed by atoms with Gasteiger partial charge in [0.15, 0.2) is 0 Å². The molecule has 0 bridgehead atoms. The van der Waals surface area contributed by atoms with Gasteiger partial charge in [-0.25, -0.2) is 0 Å². The van der Waals surface area contributed by atoms with Crippen molar-refractivity contribution in [2.75, 3.05) is 0 Å². The molecule has 0 spiro atoms. The van der Waals surface area contributed by atoms with Crippen molar-refractivity contribution >= 4 is 0 Å². The Morgan fingerprint density at radius 3 is 1.10 bits per heavy atom. The van der Waals surface area contributed by atoms with Crippen molar-refractivity contribution < 1.29 is 0 Å². The van der Waals surface area contributed by atoms with Crippen LogP contribution >= 0.6 is 0 Å². The molecule has 1 unspecified atom stereocenters. The Morgan fingerprint density at radius 1 is 0.381 bits per heavy atom. The number of unbranched alkanes of at least 4 members (excludes halogenated alkanes) is 11. The molecule has 0 heteroatoms. The molecule has 1 atom stereocenters. The molecule has 0 heterocycles. The highest BCUT2D eigenvalue weighted by Crippen LogP contribution is 2.24. The van der Waals surface area contributed by atoms with Crippen LogP contribution in [0.2, 0.25) is 0 Å². The minimum absolute atomic E-state index is 1.05. The van der Waals surface area contributed by atoms with E-state index in [0.29, 0.717) is 0 Å². The van der Waals surface area contributed by atoms with Crippen molar-refractivity contribution in [3.8, 4) is 0 Å². The van der Waals surface area contributed by atoms with E-state index in [1.54, 1.807) is 0 Å². The molecular weight excluding hydrogens is 252 g/mol. The summed E-state index contributed by atoms with van der Waals surface area (Å²) in [6, 6.07) is 0. The minimum atomic E-state index is 1.05. The van der Waals surface area contributed by atoms with Crippen LogP contribution in [0.1, 0.15) is 130 Å². The van der Waals surface area contributed by atoms with E-state index in [-0.39, 0.29) is 0 Å². The van der Waals surface area contributed by atoms with Gasteiger partial charge in [-0.05, 0) is 5.92 Å². The molecule has 21 heavy (non-hydrogen) atoms. The van der Waals surface area contributed by atoms with E-state index >= 15 is 0 Å². The van der Waals surface area contributed by atoms with Gasteiger partial charge in [-0.3, -0.25) is 0 Å². The van der Waals surface area contributed by atoms with Crippen molar-refractivity contribution in [1.29, 1.82) is 0 Å². The number of hydrogen-bond acceptors (Lipinski definition) is 0. The second-order valence-corrected chi connectivity index (χ2v) is 7.12. The lowest BCUT2D eigenvalue weighted by Crippen LogP contribution is -2.01. The fourth-order valence-electron chi connectivity index (χ4n) is 3.37. The Morgan fingerprint density at radius 2 is 0.667 bits per heavy atom. The summed E-state index contributed by atoms with van der Waals surface area (Å²) in [4.78, 5) is 0. The highest BCUT2D eigenvalue weighted by molar-refractivity contribution is 4.61. The van der Waals surface area contributed by atoms with Gasteiger partial charge in [-0.2, -0.15) is 0 Å². The third-order valence-corrected chi connectivity index (χ3v) is 4.90. The lowest BCUT2D eigenvalue weighted by atomic mass is 9.89. The van der Waals surface area contributed by atoms with Gasteiger partial charge in [-0.15, -0.1) is 0 Å². The molecule has 0 rings (SSSR count). The van der Waals surface area contributed by atoms with Crippen molar-refractivity contribution in [1.82, 2.24) is 0 Å². The van der Waals surface area contributed by atoms with Crippen LogP contribution in [0.3, 0.4) is 0 Å². The van der Waals surface area contributed by atoms with Crippen LogP contribution in [0.15, 0.2) is 0 Å². The van der Waals surface area contributed by atoms with Gasteiger partial charge in [0.2, 0.25) is 0 Å². The fraction of sp³-hybridized carbons (Fsp3) is 1.00. The fourth-order valence-corrected chi connectivity index (χ4v) is 3.37. The van der Waals surface area contributed by atoms with Gasteiger partial charge in [0.1, 0.15) is 0 Å². The number of rotatable bonds is 17. The first kappa shape index (κ1) is 21.0. The third-order valence-electron chi connectivity index (χ3n) is 4.90. The largest absolute Gasteiger partial charge is 0.0654 e. The molecule has 0 aromatic carbocycles. The van der Waals surface area contributed by atoms with Crippen LogP contribution in [0, 0.1) is 5.92 Å². The Bertz CT molecular complexity index is 173. The molecule has 0 aliphatic rings. The molecule has 128 valence electrons. The van der Waals surface area contributed by atoms with Crippen molar-refractivity contribution in [2.45, 2.75) is 130 Å². The van der Waals surface area contributed by atoms with E-state index in [4.69, 9.17) is 0 Å². The average Bonchev–Trinajstić information content (AvgIpc) is 2.50. The molecule has 0 fully saturated rings. The zero-order valence-corrected chi connectivity index (χ0v) is 15.6. The summed E-state index contributed by atoms with van der Waals surface area (Å²) >= 11 is 0. The normalized spacial score (nSPS) is 12.7. The van der Waals surface area contributed by atoms with Gasteiger partial charge in [0, 0.05) is 0 Å². The Balaban J connectivity index is 3.64. The molecule has 0 N–H and O–H groups in total. The zero-order chi connectivity index (χ0) is 15.6. The predicted octanol–water partition coefficient (Wildman–Crippen LogP) is 8.29. The quantitative estimate of drug-likeness (QED) is 0.237. The SMILES string of the molecule is CCCCCCCCC(CCCCC)CCCCCCC. The zero-order valence-electron chi connectivity index (χ0n) is 15.6. The molecular formula is C21H44. The molecule has 0 saturated heterocycles.